The summed E-state index contributed by atoms with van der Waals surface area (Å²) in [6, 6.07) is 13.6. The molecular weight excluding hydrogens is 347 g/mol. The summed E-state index contributed by atoms with van der Waals surface area (Å²) in [5.74, 6) is 0.635. The van der Waals surface area contributed by atoms with Crippen LogP contribution in [0.3, 0.4) is 0 Å². The molecule has 140 valence electrons. The van der Waals surface area contributed by atoms with Crippen molar-refractivity contribution in [2.24, 2.45) is 0 Å². The summed E-state index contributed by atoms with van der Waals surface area (Å²) in [5, 5.41) is 6.71. The zero-order valence-electron chi connectivity index (χ0n) is 15.3. The van der Waals surface area contributed by atoms with E-state index in [1.165, 1.54) is 6.07 Å². The van der Waals surface area contributed by atoms with Crippen LogP contribution in [0.4, 0.5) is 4.39 Å². The van der Waals surface area contributed by atoms with E-state index in [0.717, 1.165) is 11.3 Å². The van der Waals surface area contributed by atoms with Crippen molar-refractivity contribution < 1.29 is 18.4 Å². The van der Waals surface area contributed by atoms with Crippen LogP contribution in [0, 0.1) is 19.7 Å². The van der Waals surface area contributed by atoms with Crippen molar-refractivity contribution in [3.05, 3.63) is 82.5 Å². The lowest BCUT2D eigenvalue weighted by Crippen LogP contribution is -2.26. The highest BCUT2D eigenvalue weighted by Gasteiger charge is 2.14. The zero-order valence-corrected chi connectivity index (χ0v) is 15.3. The third kappa shape index (κ3) is 4.53. The maximum atomic E-state index is 13.7. The van der Waals surface area contributed by atoms with Crippen LogP contribution in [0.15, 0.2) is 53.1 Å². The first-order valence-corrected chi connectivity index (χ1v) is 8.71. The molecule has 0 saturated heterocycles. The fourth-order valence-corrected chi connectivity index (χ4v) is 2.75. The molecule has 2 aromatic carbocycles. The van der Waals surface area contributed by atoms with Crippen molar-refractivity contribution in [3.63, 3.8) is 0 Å². The van der Waals surface area contributed by atoms with Crippen molar-refractivity contribution in [2.75, 3.05) is 6.54 Å². The molecule has 0 radical (unpaired) electrons. The van der Waals surface area contributed by atoms with Crippen molar-refractivity contribution in [2.45, 2.75) is 26.9 Å². The van der Waals surface area contributed by atoms with Gasteiger partial charge in [-0.1, -0.05) is 35.5 Å². The average Bonchev–Trinajstić information content (AvgIpc) is 2.99. The van der Waals surface area contributed by atoms with E-state index in [2.05, 4.69) is 10.5 Å². The Balaban J connectivity index is 1.62. The van der Waals surface area contributed by atoms with Gasteiger partial charge in [-0.3, -0.25) is 4.79 Å². The minimum Gasteiger partial charge on any atom is -0.488 e. The van der Waals surface area contributed by atoms with Gasteiger partial charge in [0.1, 0.15) is 23.9 Å². The Hall–Kier alpha value is -3.15. The first-order valence-electron chi connectivity index (χ1n) is 8.71. The molecule has 0 aliphatic rings. The normalized spacial score (nSPS) is 10.6. The number of carbonyl (C=O) groups is 1. The molecule has 5 nitrogen and oxygen atoms in total. The van der Waals surface area contributed by atoms with Gasteiger partial charge in [0, 0.05) is 6.54 Å². The number of aryl methyl sites for hydroxylation is 2. The summed E-state index contributed by atoms with van der Waals surface area (Å²) in [5.41, 5.74) is 2.63. The molecular formula is C21H21FN2O3. The number of hydrogen-bond acceptors (Lipinski definition) is 4. The number of nitrogens with one attached hydrogen (secondary N) is 1. The van der Waals surface area contributed by atoms with E-state index in [1.807, 2.05) is 13.8 Å². The third-order valence-electron chi connectivity index (χ3n) is 4.32. The van der Waals surface area contributed by atoms with Gasteiger partial charge in [-0.15, -0.1) is 0 Å². The molecule has 1 N–H and O–H groups in total. The molecule has 0 spiro atoms. The van der Waals surface area contributed by atoms with Gasteiger partial charge in [-0.05, 0) is 44.0 Å². The largest absolute Gasteiger partial charge is 0.488 e. The number of hydrogen-bond donors (Lipinski definition) is 1. The van der Waals surface area contributed by atoms with E-state index in [-0.39, 0.29) is 18.3 Å². The summed E-state index contributed by atoms with van der Waals surface area (Å²) in [6.45, 7) is 4.26. The van der Waals surface area contributed by atoms with Gasteiger partial charge in [0.05, 0.1) is 16.8 Å². The van der Waals surface area contributed by atoms with Crippen LogP contribution >= 0.6 is 0 Å². The standard InChI is InChI=1S/C21H21FN2O3/c1-14-18(15(2)27-24-14)13-26-20-10-6-4-8-17(20)21(25)23-12-11-16-7-3-5-9-19(16)22/h3-10H,11-13H2,1-2H3,(H,23,25). The molecule has 0 atom stereocenters. The Bertz CT molecular complexity index is 917. The third-order valence-corrected chi connectivity index (χ3v) is 4.32. The van der Waals surface area contributed by atoms with Crippen LogP contribution in [0.25, 0.3) is 0 Å². The van der Waals surface area contributed by atoms with E-state index in [1.54, 1.807) is 42.5 Å². The molecule has 0 fully saturated rings. The first kappa shape index (κ1) is 18.6. The maximum absolute atomic E-state index is 13.7. The molecule has 27 heavy (non-hydrogen) atoms. The molecule has 0 bridgehead atoms. The molecule has 1 heterocycles. The van der Waals surface area contributed by atoms with Gasteiger partial charge in [-0.25, -0.2) is 4.39 Å². The lowest BCUT2D eigenvalue weighted by atomic mass is 10.1. The quantitative estimate of drug-likeness (QED) is 0.685. The Morgan fingerprint density at radius 1 is 1.15 bits per heavy atom. The number of rotatable bonds is 7. The molecule has 0 aliphatic carbocycles. The van der Waals surface area contributed by atoms with Crippen LogP contribution in [-0.2, 0) is 13.0 Å². The van der Waals surface area contributed by atoms with Crippen molar-refractivity contribution in [1.82, 2.24) is 10.5 Å². The van der Waals surface area contributed by atoms with Gasteiger partial charge < -0.3 is 14.6 Å². The van der Waals surface area contributed by atoms with Gasteiger partial charge in [0.15, 0.2) is 0 Å². The van der Waals surface area contributed by atoms with Gasteiger partial charge in [0.25, 0.3) is 5.91 Å². The number of ether oxygens (including phenoxy) is 1. The SMILES string of the molecule is Cc1noc(C)c1COc1ccccc1C(=O)NCCc1ccccc1F. The molecule has 0 unspecified atom stereocenters. The number of benzene rings is 2. The summed E-state index contributed by atoms with van der Waals surface area (Å²) in [4.78, 5) is 12.5. The fourth-order valence-electron chi connectivity index (χ4n) is 2.75. The maximum Gasteiger partial charge on any atom is 0.255 e. The highest BCUT2D eigenvalue weighted by atomic mass is 19.1. The summed E-state index contributed by atoms with van der Waals surface area (Å²) in [6.07, 6.45) is 0.417. The molecule has 3 aromatic rings. The Kier molecular flexibility index (Phi) is 5.86. The van der Waals surface area contributed by atoms with Crippen molar-refractivity contribution in [3.8, 4) is 5.75 Å². The number of para-hydroxylation sites is 1. The molecule has 1 amide bonds. The molecule has 1 aromatic heterocycles. The number of halogens is 1. The van der Waals surface area contributed by atoms with Crippen LogP contribution < -0.4 is 10.1 Å². The smallest absolute Gasteiger partial charge is 0.255 e. The second kappa shape index (κ2) is 8.49. The highest BCUT2D eigenvalue weighted by Crippen LogP contribution is 2.21. The highest BCUT2D eigenvalue weighted by molar-refractivity contribution is 5.96. The summed E-state index contributed by atoms with van der Waals surface area (Å²) >= 11 is 0. The van der Waals surface area contributed by atoms with Crippen LogP contribution in [0.5, 0.6) is 5.75 Å². The fraction of sp³-hybridized carbons (Fsp3) is 0.238. The minimum atomic E-state index is -0.269. The Morgan fingerprint density at radius 3 is 2.63 bits per heavy atom. The zero-order chi connectivity index (χ0) is 19.2. The Morgan fingerprint density at radius 2 is 1.89 bits per heavy atom. The predicted molar refractivity (Wildman–Crippen MR) is 99.2 cm³/mol. The predicted octanol–water partition coefficient (Wildman–Crippen LogP) is 3.98. The van der Waals surface area contributed by atoms with Gasteiger partial charge >= 0.3 is 0 Å². The van der Waals surface area contributed by atoms with Crippen molar-refractivity contribution >= 4 is 5.91 Å². The number of amides is 1. The first-order chi connectivity index (χ1) is 13.1. The number of nitrogens with zero attached hydrogens (tertiary/aromatic N) is 1. The van der Waals surface area contributed by atoms with Gasteiger partial charge in [-0.2, -0.15) is 0 Å². The van der Waals surface area contributed by atoms with Gasteiger partial charge in [0.2, 0.25) is 0 Å². The molecule has 6 heteroatoms. The lowest BCUT2D eigenvalue weighted by molar-refractivity contribution is 0.0949. The van der Waals surface area contributed by atoms with Crippen LogP contribution in [0.1, 0.15) is 32.9 Å². The van der Waals surface area contributed by atoms with E-state index < -0.39 is 0 Å². The monoisotopic (exact) mass is 368 g/mol. The van der Waals surface area contributed by atoms with E-state index >= 15 is 0 Å². The summed E-state index contributed by atoms with van der Waals surface area (Å²) in [7, 11) is 0. The molecule has 0 saturated carbocycles. The molecule has 0 aliphatic heterocycles. The van der Waals surface area contributed by atoms with Crippen molar-refractivity contribution in [1.29, 1.82) is 0 Å². The second-order valence-corrected chi connectivity index (χ2v) is 6.18. The second-order valence-electron chi connectivity index (χ2n) is 6.18. The Labute approximate surface area is 157 Å². The van der Waals surface area contributed by atoms with E-state index in [9.17, 15) is 9.18 Å². The topological polar surface area (TPSA) is 64.4 Å². The summed E-state index contributed by atoms with van der Waals surface area (Å²) < 4.78 is 24.6. The van der Waals surface area contributed by atoms with Crippen LogP contribution in [-0.4, -0.2) is 17.6 Å². The van der Waals surface area contributed by atoms with E-state index in [4.69, 9.17) is 9.26 Å². The average molecular weight is 368 g/mol. The number of aromatic nitrogens is 1. The van der Waals surface area contributed by atoms with Crippen LogP contribution in [0.2, 0.25) is 0 Å². The lowest BCUT2D eigenvalue weighted by Gasteiger charge is -2.12. The minimum absolute atomic E-state index is 0.263. The number of carbonyl (C=O) groups excluding carboxylic acids is 1. The molecule has 3 rings (SSSR count). The van der Waals surface area contributed by atoms with E-state index in [0.29, 0.717) is 35.6 Å².